The molecule has 20 heavy (non-hydrogen) atoms. The summed E-state index contributed by atoms with van der Waals surface area (Å²) in [6.45, 7) is 8.26. The van der Waals surface area contributed by atoms with Gasteiger partial charge in [-0.15, -0.1) is 0 Å². The van der Waals surface area contributed by atoms with Crippen LogP contribution >= 0.6 is 0 Å². The zero-order valence-corrected chi connectivity index (χ0v) is 12.8. The Kier molecular flexibility index (Phi) is 4.50. The van der Waals surface area contributed by atoms with Crippen molar-refractivity contribution in [2.45, 2.75) is 46.6 Å². The third-order valence-corrected chi connectivity index (χ3v) is 3.39. The Morgan fingerprint density at radius 2 is 1.85 bits per heavy atom. The maximum absolute atomic E-state index is 5.82. The van der Waals surface area contributed by atoms with E-state index in [0.717, 1.165) is 30.1 Å². The van der Waals surface area contributed by atoms with Crippen molar-refractivity contribution < 1.29 is 0 Å². The third-order valence-electron chi connectivity index (χ3n) is 3.39. The van der Waals surface area contributed by atoms with Crippen LogP contribution in [-0.4, -0.2) is 16.0 Å². The van der Waals surface area contributed by atoms with E-state index >= 15 is 0 Å². The molecule has 0 fully saturated rings. The number of nitrogens with zero attached hydrogens (tertiary/aromatic N) is 2. The van der Waals surface area contributed by atoms with Gasteiger partial charge < -0.3 is 5.73 Å². The number of rotatable bonds is 4. The SMILES string of the molecule is Cc1ccc(C)c(-c2cc(C)nc(CCC(C)N)n2)c1. The van der Waals surface area contributed by atoms with Crippen LogP contribution < -0.4 is 5.73 Å². The fourth-order valence-electron chi connectivity index (χ4n) is 2.25. The molecular formula is C17H23N3. The van der Waals surface area contributed by atoms with Gasteiger partial charge in [-0.25, -0.2) is 9.97 Å². The van der Waals surface area contributed by atoms with Crippen LogP contribution in [0.5, 0.6) is 0 Å². The van der Waals surface area contributed by atoms with E-state index in [1.54, 1.807) is 0 Å². The predicted octanol–water partition coefficient (Wildman–Crippen LogP) is 3.35. The Labute approximate surface area is 121 Å². The first-order chi connectivity index (χ1) is 9.45. The molecule has 1 unspecified atom stereocenters. The Bertz CT molecular complexity index is 603. The zero-order chi connectivity index (χ0) is 14.7. The number of aromatic nitrogens is 2. The van der Waals surface area contributed by atoms with Gasteiger partial charge in [0, 0.05) is 23.7 Å². The second-order valence-electron chi connectivity index (χ2n) is 5.65. The second-order valence-corrected chi connectivity index (χ2v) is 5.65. The van der Waals surface area contributed by atoms with Crippen LogP contribution in [0.1, 0.15) is 36.0 Å². The van der Waals surface area contributed by atoms with E-state index < -0.39 is 0 Å². The summed E-state index contributed by atoms with van der Waals surface area (Å²) in [6, 6.07) is 8.69. The predicted molar refractivity (Wildman–Crippen MR) is 83.6 cm³/mol. The molecule has 106 valence electrons. The van der Waals surface area contributed by atoms with Gasteiger partial charge in [-0.3, -0.25) is 0 Å². The fraction of sp³-hybridized carbons (Fsp3) is 0.412. The van der Waals surface area contributed by atoms with Gasteiger partial charge in [-0.2, -0.15) is 0 Å². The van der Waals surface area contributed by atoms with E-state index in [9.17, 15) is 0 Å². The molecule has 3 nitrogen and oxygen atoms in total. The van der Waals surface area contributed by atoms with E-state index in [4.69, 9.17) is 10.7 Å². The Balaban J connectivity index is 2.38. The lowest BCUT2D eigenvalue weighted by Crippen LogP contribution is -2.16. The Hall–Kier alpha value is -1.74. The highest BCUT2D eigenvalue weighted by Gasteiger charge is 2.08. The molecule has 2 N–H and O–H groups in total. The van der Waals surface area contributed by atoms with Crippen LogP contribution in [0.4, 0.5) is 0 Å². The molecule has 0 saturated heterocycles. The van der Waals surface area contributed by atoms with E-state index in [0.29, 0.717) is 0 Å². The molecule has 0 aliphatic carbocycles. The number of aryl methyl sites for hydroxylation is 4. The molecule has 0 bridgehead atoms. The van der Waals surface area contributed by atoms with Crippen molar-refractivity contribution >= 4 is 0 Å². The maximum atomic E-state index is 5.82. The van der Waals surface area contributed by atoms with Crippen LogP contribution in [0.2, 0.25) is 0 Å². The normalized spacial score (nSPS) is 12.4. The number of hydrogen-bond donors (Lipinski definition) is 1. The van der Waals surface area contributed by atoms with Gasteiger partial charge in [0.25, 0.3) is 0 Å². The van der Waals surface area contributed by atoms with Crippen molar-refractivity contribution in [2.75, 3.05) is 0 Å². The van der Waals surface area contributed by atoms with Crippen molar-refractivity contribution in [3.63, 3.8) is 0 Å². The first-order valence-electron chi connectivity index (χ1n) is 7.13. The molecule has 1 aromatic carbocycles. The van der Waals surface area contributed by atoms with E-state index in [-0.39, 0.29) is 6.04 Å². The van der Waals surface area contributed by atoms with Gasteiger partial charge >= 0.3 is 0 Å². The lowest BCUT2D eigenvalue weighted by molar-refractivity contribution is 0.647. The molecule has 0 aliphatic rings. The number of nitrogens with two attached hydrogens (primary N) is 1. The summed E-state index contributed by atoms with van der Waals surface area (Å²) < 4.78 is 0. The van der Waals surface area contributed by atoms with Gasteiger partial charge in [0.05, 0.1) is 5.69 Å². The van der Waals surface area contributed by atoms with Crippen LogP contribution in [0.15, 0.2) is 24.3 Å². The quantitative estimate of drug-likeness (QED) is 0.926. The minimum atomic E-state index is 0.184. The molecule has 2 aromatic rings. The van der Waals surface area contributed by atoms with Gasteiger partial charge in [-0.05, 0) is 51.8 Å². The summed E-state index contributed by atoms with van der Waals surface area (Å²) >= 11 is 0. The average Bonchev–Trinajstić information content (AvgIpc) is 2.38. The summed E-state index contributed by atoms with van der Waals surface area (Å²) in [5.41, 5.74) is 11.5. The third kappa shape index (κ3) is 3.64. The van der Waals surface area contributed by atoms with Crippen LogP contribution in [0, 0.1) is 20.8 Å². The molecule has 1 atom stereocenters. The molecule has 0 spiro atoms. The molecule has 0 aliphatic heterocycles. The van der Waals surface area contributed by atoms with Crippen LogP contribution in [0.25, 0.3) is 11.3 Å². The summed E-state index contributed by atoms with van der Waals surface area (Å²) in [6.07, 6.45) is 1.74. The van der Waals surface area contributed by atoms with E-state index in [1.165, 1.54) is 16.7 Å². The van der Waals surface area contributed by atoms with E-state index in [1.807, 2.05) is 13.8 Å². The van der Waals surface area contributed by atoms with Gasteiger partial charge in [0.15, 0.2) is 0 Å². The standard InChI is InChI=1S/C17H23N3/c1-11-5-6-12(2)15(9-11)16-10-14(4)19-17(20-16)8-7-13(3)18/h5-6,9-10,13H,7-8,18H2,1-4H3. The summed E-state index contributed by atoms with van der Waals surface area (Å²) in [7, 11) is 0. The smallest absolute Gasteiger partial charge is 0.129 e. The zero-order valence-electron chi connectivity index (χ0n) is 12.8. The summed E-state index contributed by atoms with van der Waals surface area (Å²) in [5.74, 6) is 0.887. The van der Waals surface area contributed by atoms with Gasteiger partial charge in [0.2, 0.25) is 0 Å². The highest BCUT2D eigenvalue weighted by atomic mass is 14.9. The summed E-state index contributed by atoms with van der Waals surface area (Å²) in [5, 5.41) is 0. The average molecular weight is 269 g/mol. The van der Waals surface area contributed by atoms with Gasteiger partial charge in [0.1, 0.15) is 5.82 Å². The molecule has 0 saturated carbocycles. The van der Waals surface area contributed by atoms with Crippen molar-refractivity contribution in [1.29, 1.82) is 0 Å². The van der Waals surface area contributed by atoms with Gasteiger partial charge in [-0.1, -0.05) is 17.7 Å². The van der Waals surface area contributed by atoms with Crippen LogP contribution in [0.3, 0.4) is 0 Å². The molecule has 0 radical (unpaired) electrons. The molecule has 1 heterocycles. The van der Waals surface area contributed by atoms with Crippen LogP contribution in [-0.2, 0) is 6.42 Å². The molecule has 3 heteroatoms. The maximum Gasteiger partial charge on any atom is 0.129 e. The minimum absolute atomic E-state index is 0.184. The first kappa shape index (κ1) is 14.7. The second kappa shape index (κ2) is 6.14. The highest BCUT2D eigenvalue weighted by Crippen LogP contribution is 2.23. The molecular weight excluding hydrogens is 246 g/mol. The lowest BCUT2D eigenvalue weighted by atomic mass is 10.0. The monoisotopic (exact) mass is 269 g/mol. The topological polar surface area (TPSA) is 51.8 Å². The highest BCUT2D eigenvalue weighted by molar-refractivity contribution is 5.64. The number of benzene rings is 1. The summed E-state index contributed by atoms with van der Waals surface area (Å²) in [4.78, 5) is 9.23. The Morgan fingerprint density at radius 1 is 1.10 bits per heavy atom. The van der Waals surface area contributed by atoms with Crippen molar-refractivity contribution in [3.8, 4) is 11.3 Å². The fourth-order valence-corrected chi connectivity index (χ4v) is 2.25. The molecule has 1 aromatic heterocycles. The first-order valence-corrected chi connectivity index (χ1v) is 7.13. The Morgan fingerprint density at radius 3 is 2.55 bits per heavy atom. The van der Waals surface area contributed by atoms with Crippen molar-refractivity contribution in [1.82, 2.24) is 9.97 Å². The minimum Gasteiger partial charge on any atom is -0.328 e. The molecule has 2 rings (SSSR count). The lowest BCUT2D eigenvalue weighted by Gasteiger charge is -2.10. The van der Waals surface area contributed by atoms with Crippen molar-refractivity contribution in [3.05, 3.63) is 46.9 Å². The molecule has 0 amide bonds. The van der Waals surface area contributed by atoms with E-state index in [2.05, 4.69) is 43.1 Å². The number of hydrogen-bond acceptors (Lipinski definition) is 3. The largest absolute Gasteiger partial charge is 0.328 e. The van der Waals surface area contributed by atoms with Crippen molar-refractivity contribution in [2.24, 2.45) is 5.73 Å².